The normalized spacial score (nSPS) is 11.9. The van der Waals surface area contributed by atoms with Crippen LogP contribution in [0.25, 0.3) is 0 Å². The highest BCUT2D eigenvalue weighted by molar-refractivity contribution is 7.10. The quantitative estimate of drug-likeness (QED) is 0.887. The largest absolute Gasteiger partial charge is 0.479 e. The molecule has 2 rings (SSSR count). The SMILES string of the molecule is O=C(Cc1c(F)cccc1Cl)NC(C(=O)O)c1cccs1. The molecular weight excluding hydrogens is 317 g/mol. The lowest BCUT2D eigenvalue weighted by Gasteiger charge is -2.13. The standard InChI is InChI=1S/C14H11ClFNO3S/c15-9-3-1-4-10(16)8(9)7-12(18)17-13(14(19)20)11-5-2-6-21-11/h1-6,13H,7H2,(H,17,18)(H,19,20). The molecule has 4 nitrogen and oxygen atoms in total. The minimum Gasteiger partial charge on any atom is -0.479 e. The van der Waals surface area contributed by atoms with Crippen LogP contribution in [0, 0.1) is 5.82 Å². The smallest absolute Gasteiger partial charge is 0.331 e. The highest BCUT2D eigenvalue weighted by Gasteiger charge is 2.23. The number of nitrogens with one attached hydrogen (secondary N) is 1. The van der Waals surface area contributed by atoms with E-state index in [9.17, 15) is 14.0 Å². The van der Waals surface area contributed by atoms with Crippen LogP contribution < -0.4 is 5.32 Å². The Kier molecular flexibility index (Phi) is 4.93. The van der Waals surface area contributed by atoms with Crippen LogP contribution in [-0.4, -0.2) is 17.0 Å². The summed E-state index contributed by atoms with van der Waals surface area (Å²) in [4.78, 5) is 23.6. The minimum absolute atomic E-state index is 0.0481. The third-order valence-electron chi connectivity index (χ3n) is 2.78. The Labute approximate surface area is 129 Å². The van der Waals surface area contributed by atoms with Crippen molar-refractivity contribution in [2.45, 2.75) is 12.5 Å². The molecular formula is C14H11ClFNO3S. The van der Waals surface area contributed by atoms with Gasteiger partial charge < -0.3 is 10.4 Å². The van der Waals surface area contributed by atoms with Crippen LogP contribution in [0.4, 0.5) is 4.39 Å². The highest BCUT2D eigenvalue weighted by atomic mass is 35.5. The topological polar surface area (TPSA) is 66.4 Å². The molecule has 1 unspecified atom stereocenters. The van der Waals surface area contributed by atoms with Gasteiger partial charge in [0.25, 0.3) is 0 Å². The van der Waals surface area contributed by atoms with Crippen molar-refractivity contribution in [1.29, 1.82) is 0 Å². The number of aliphatic carboxylic acids is 1. The molecule has 0 saturated heterocycles. The first-order chi connectivity index (χ1) is 9.99. The molecule has 1 amide bonds. The van der Waals surface area contributed by atoms with Gasteiger partial charge >= 0.3 is 5.97 Å². The molecule has 1 heterocycles. The van der Waals surface area contributed by atoms with E-state index < -0.39 is 23.7 Å². The molecule has 1 aromatic heterocycles. The summed E-state index contributed by atoms with van der Waals surface area (Å²) >= 11 is 7.06. The van der Waals surface area contributed by atoms with Crippen LogP contribution in [0.5, 0.6) is 0 Å². The number of carboxylic acid groups (broad SMARTS) is 1. The summed E-state index contributed by atoms with van der Waals surface area (Å²) in [6.07, 6.45) is -0.319. The van der Waals surface area contributed by atoms with E-state index >= 15 is 0 Å². The van der Waals surface area contributed by atoms with E-state index in [0.717, 1.165) is 0 Å². The maximum Gasteiger partial charge on any atom is 0.331 e. The fourth-order valence-corrected chi connectivity index (χ4v) is 2.78. The molecule has 0 fully saturated rings. The second kappa shape index (κ2) is 6.69. The summed E-state index contributed by atoms with van der Waals surface area (Å²) in [6, 6.07) is 6.26. The number of carbonyl (C=O) groups excluding carboxylic acids is 1. The van der Waals surface area contributed by atoms with Crippen molar-refractivity contribution in [3.05, 3.63) is 57.0 Å². The van der Waals surface area contributed by atoms with Crippen LogP contribution in [0.1, 0.15) is 16.5 Å². The van der Waals surface area contributed by atoms with Gasteiger partial charge in [0.05, 0.1) is 6.42 Å². The van der Waals surface area contributed by atoms with E-state index in [0.29, 0.717) is 4.88 Å². The molecule has 7 heteroatoms. The van der Waals surface area contributed by atoms with Crippen LogP contribution in [-0.2, 0) is 16.0 Å². The number of rotatable bonds is 5. The fraction of sp³-hybridized carbons (Fsp3) is 0.143. The average molecular weight is 328 g/mol. The van der Waals surface area contributed by atoms with Crippen molar-refractivity contribution in [3.8, 4) is 0 Å². The Bertz CT molecular complexity index is 640. The molecule has 1 aromatic carbocycles. The maximum atomic E-state index is 13.6. The second-order valence-electron chi connectivity index (χ2n) is 4.23. The van der Waals surface area contributed by atoms with E-state index in [1.165, 1.54) is 29.5 Å². The Morgan fingerprint density at radius 2 is 2.10 bits per heavy atom. The van der Waals surface area contributed by atoms with E-state index in [2.05, 4.69) is 5.32 Å². The average Bonchev–Trinajstić information content (AvgIpc) is 2.94. The predicted molar refractivity (Wildman–Crippen MR) is 78.0 cm³/mol. The van der Waals surface area contributed by atoms with Gasteiger partial charge in [0.1, 0.15) is 5.82 Å². The van der Waals surface area contributed by atoms with Crippen LogP contribution >= 0.6 is 22.9 Å². The van der Waals surface area contributed by atoms with Crippen LogP contribution in [0.2, 0.25) is 5.02 Å². The second-order valence-corrected chi connectivity index (χ2v) is 5.62. The van der Waals surface area contributed by atoms with Crippen molar-refractivity contribution in [3.63, 3.8) is 0 Å². The number of halogens is 2. The third kappa shape index (κ3) is 3.80. The van der Waals surface area contributed by atoms with Gasteiger partial charge in [0.2, 0.25) is 5.91 Å². The number of hydrogen-bond acceptors (Lipinski definition) is 3. The number of carbonyl (C=O) groups is 2. The van der Waals surface area contributed by atoms with E-state index in [1.54, 1.807) is 17.5 Å². The van der Waals surface area contributed by atoms with E-state index in [4.69, 9.17) is 16.7 Å². The van der Waals surface area contributed by atoms with Crippen molar-refractivity contribution >= 4 is 34.8 Å². The van der Waals surface area contributed by atoms with E-state index in [1.807, 2.05) is 0 Å². The number of amides is 1. The summed E-state index contributed by atoms with van der Waals surface area (Å²) in [6.45, 7) is 0. The molecule has 0 aliphatic rings. The maximum absolute atomic E-state index is 13.6. The van der Waals surface area contributed by atoms with Crippen molar-refractivity contribution < 1.29 is 19.1 Å². The van der Waals surface area contributed by atoms with Crippen LogP contribution in [0.15, 0.2) is 35.7 Å². The number of carboxylic acids is 1. The first kappa shape index (κ1) is 15.5. The first-order valence-corrected chi connectivity index (χ1v) is 7.23. The van der Waals surface area contributed by atoms with Gasteiger partial charge in [-0.3, -0.25) is 4.79 Å². The monoisotopic (exact) mass is 327 g/mol. The zero-order valence-corrected chi connectivity index (χ0v) is 12.2. The van der Waals surface area contributed by atoms with Gasteiger partial charge in [-0.2, -0.15) is 0 Å². The Morgan fingerprint density at radius 3 is 2.67 bits per heavy atom. The van der Waals surface area contributed by atoms with Crippen molar-refractivity contribution in [2.75, 3.05) is 0 Å². The molecule has 0 radical (unpaired) electrons. The minimum atomic E-state index is -1.18. The van der Waals surface area contributed by atoms with Crippen LogP contribution in [0.3, 0.4) is 0 Å². The summed E-state index contributed by atoms with van der Waals surface area (Å²) < 4.78 is 13.6. The Hall–Kier alpha value is -1.92. The summed E-state index contributed by atoms with van der Waals surface area (Å²) in [5.74, 6) is -2.38. The highest BCUT2D eigenvalue weighted by Crippen LogP contribution is 2.22. The molecule has 0 aliphatic heterocycles. The van der Waals surface area contributed by atoms with Gasteiger partial charge in [0, 0.05) is 15.5 Å². The summed E-state index contributed by atoms with van der Waals surface area (Å²) in [7, 11) is 0. The molecule has 2 aromatic rings. The van der Waals surface area contributed by atoms with Crippen molar-refractivity contribution in [1.82, 2.24) is 5.32 Å². The van der Waals surface area contributed by atoms with E-state index in [-0.39, 0.29) is 17.0 Å². The molecule has 0 spiro atoms. The predicted octanol–water partition coefficient (Wildman–Crippen LogP) is 3.03. The summed E-state index contributed by atoms with van der Waals surface area (Å²) in [5, 5.41) is 13.4. The molecule has 0 aliphatic carbocycles. The number of benzene rings is 1. The molecule has 0 bridgehead atoms. The zero-order valence-electron chi connectivity index (χ0n) is 10.7. The fourth-order valence-electron chi connectivity index (χ4n) is 1.78. The lowest BCUT2D eigenvalue weighted by atomic mass is 10.1. The van der Waals surface area contributed by atoms with Gasteiger partial charge in [-0.25, -0.2) is 9.18 Å². The lowest BCUT2D eigenvalue weighted by Crippen LogP contribution is -2.34. The Morgan fingerprint density at radius 1 is 1.33 bits per heavy atom. The number of hydrogen-bond donors (Lipinski definition) is 2. The Balaban J connectivity index is 2.12. The lowest BCUT2D eigenvalue weighted by molar-refractivity contribution is -0.141. The molecule has 2 N–H and O–H groups in total. The molecule has 21 heavy (non-hydrogen) atoms. The molecule has 110 valence electrons. The molecule has 1 atom stereocenters. The first-order valence-electron chi connectivity index (χ1n) is 5.97. The zero-order chi connectivity index (χ0) is 15.4. The van der Waals surface area contributed by atoms with Gasteiger partial charge in [-0.15, -0.1) is 11.3 Å². The van der Waals surface area contributed by atoms with Gasteiger partial charge in [0.15, 0.2) is 6.04 Å². The summed E-state index contributed by atoms with van der Waals surface area (Å²) in [5.41, 5.74) is 0.0481. The third-order valence-corrected chi connectivity index (χ3v) is 4.07. The van der Waals surface area contributed by atoms with Gasteiger partial charge in [-0.1, -0.05) is 23.7 Å². The van der Waals surface area contributed by atoms with Gasteiger partial charge in [-0.05, 0) is 23.6 Å². The van der Waals surface area contributed by atoms with Crippen molar-refractivity contribution in [2.24, 2.45) is 0 Å². The molecule has 0 saturated carbocycles. The number of thiophene rings is 1.